The third-order valence-corrected chi connectivity index (χ3v) is 3.28. The number of carboxylic acids is 1. The highest BCUT2D eigenvalue weighted by molar-refractivity contribution is 7.17. The Balaban J connectivity index is 2.35. The van der Waals surface area contributed by atoms with E-state index in [9.17, 15) is 4.79 Å². The molecule has 0 aromatic heterocycles. The molecule has 0 aromatic carbocycles. The Bertz CT molecular complexity index is 147. The van der Waals surface area contributed by atoms with Gasteiger partial charge < -0.3 is 5.11 Å². The van der Waals surface area contributed by atoms with Gasteiger partial charge in [-0.3, -0.25) is 4.79 Å². The number of hydrogen-bond acceptors (Lipinski definition) is 1. The maximum Gasteiger partial charge on any atom is 0.303 e. The fourth-order valence-electron chi connectivity index (χ4n) is 1.71. The van der Waals surface area contributed by atoms with Gasteiger partial charge in [0.2, 0.25) is 0 Å². The lowest BCUT2D eigenvalue weighted by molar-refractivity contribution is -0.138. The second kappa shape index (κ2) is 4.06. The van der Waals surface area contributed by atoms with Crippen molar-refractivity contribution in [2.24, 2.45) is 5.92 Å². The van der Waals surface area contributed by atoms with E-state index in [4.69, 9.17) is 5.11 Å². The average molecular weight is 174 g/mol. The highest BCUT2D eigenvalue weighted by Crippen LogP contribution is 2.32. The normalized spacial score (nSPS) is 31.7. The van der Waals surface area contributed by atoms with Gasteiger partial charge in [-0.25, -0.2) is 0 Å². The first-order chi connectivity index (χ1) is 5.20. The number of hydrogen-bond donors (Lipinski definition) is 1. The summed E-state index contributed by atoms with van der Waals surface area (Å²) in [6.07, 6.45) is 5.12. The summed E-state index contributed by atoms with van der Waals surface area (Å²) < 4.78 is 0. The van der Waals surface area contributed by atoms with Gasteiger partial charge in [-0.15, -0.1) is 9.24 Å². The number of carbonyl (C=O) groups is 1. The molecule has 1 aliphatic carbocycles. The van der Waals surface area contributed by atoms with Crippen LogP contribution in [0, 0.1) is 5.92 Å². The van der Waals surface area contributed by atoms with Gasteiger partial charge in [-0.2, -0.15) is 0 Å². The van der Waals surface area contributed by atoms with E-state index in [2.05, 4.69) is 9.24 Å². The Labute approximate surface area is 69.6 Å². The van der Waals surface area contributed by atoms with E-state index in [0.717, 1.165) is 6.42 Å². The summed E-state index contributed by atoms with van der Waals surface area (Å²) in [5, 5.41) is 8.57. The molecule has 0 bridgehead atoms. The minimum absolute atomic E-state index is 0.355. The molecule has 11 heavy (non-hydrogen) atoms. The first kappa shape index (κ1) is 8.99. The molecular formula is C8H15O2P. The maximum atomic E-state index is 10.4. The highest BCUT2D eigenvalue weighted by atomic mass is 31.0. The highest BCUT2D eigenvalue weighted by Gasteiger charge is 2.23. The quantitative estimate of drug-likeness (QED) is 0.649. The summed E-state index contributed by atoms with van der Waals surface area (Å²) >= 11 is 0. The predicted octanol–water partition coefficient (Wildman–Crippen LogP) is 1.90. The maximum absolute atomic E-state index is 10.4. The molecule has 0 amide bonds. The van der Waals surface area contributed by atoms with Crippen molar-refractivity contribution >= 4 is 15.2 Å². The van der Waals surface area contributed by atoms with E-state index in [0.29, 0.717) is 18.0 Å². The van der Waals surface area contributed by atoms with Gasteiger partial charge in [-0.05, 0) is 24.4 Å². The molecular weight excluding hydrogens is 159 g/mol. The van der Waals surface area contributed by atoms with Gasteiger partial charge in [0.1, 0.15) is 0 Å². The number of aliphatic carboxylic acids is 1. The van der Waals surface area contributed by atoms with E-state index < -0.39 is 5.97 Å². The van der Waals surface area contributed by atoms with Gasteiger partial charge >= 0.3 is 5.97 Å². The molecule has 0 saturated heterocycles. The standard InChI is InChI=1S/C8H15O2P/c9-8(10)5-6-3-1-2-4-7(6)11/h6-7H,1-5,11H2,(H,9,10). The fourth-order valence-corrected chi connectivity index (χ4v) is 2.28. The van der Waals surface area contributed by atoms with E-state index >= 15 is 0 Å². The van der Waals surface area contributed by atoms with Crippen LogP contribution >= 0.6 is 9.24 Å². The molecule has 2 nitrogen and oxygen atoms in total. The Morgan fingerprint density at radius 2 is 2.09 bits per heavy atom. The molecule has 1 saturated carbocycles. The fraction of sp³-hybridized carbons (Fsp3) is 0.875. The largest absolute Gasteiger partial charge is 0.481 e. The minimum Gasteiger partial charge on any atom is -0.481 e. The van der Waals surface area contributed by atoms with Crippen LogP contribution in [-0.2, 0) is 4.79 Å². The van der Waals surface area contributed by atoms with E-state index in [1.165, 1.54) is 19.3 Å². The molecule has 3 unspecified atom stereocenters. The Hall–Kier alpha value is -0.100. The lowest BCUT2D eigenvalue weighted by atomic mass is 9.86. The lowest BCUT2D eigenvalue weighted by Crippen LogP contribution is -2.21. The summed E-state index contributed by atoms with van der Waals surface area (Å²) in [6.45, 7) is 0. The van der Waals surface area contributed by atoms with E-state index in [-0.39, 0.29) is 0 Å². The van der Waals surface area contributed by atoms with Crippen molar-refractivity contribution in [1.82, 2.24) is 0 Å². The minimum atomic E-state index is -0.649. The van der Waals surface area contributed by atoms with Crippen LogP contribution in [0.1, 0.15) is 32.1 Å². The van der Waals surface area contributed by atoms with Gasteiger partial charge in [0.25, 0.3) is 0 Å². The Morgan fingerprint density at radius 3 is 2.64 bits per heavy atom. The van der Waals surface area contributed by atoms with Crippen LogP contribution in [0.5, 0.6) is 0 Å². The smallest absolute Gasteiger partial charge is 0.303 e. The van der Waals surface area contributed by atoms with Crippen molar-refractivity contribution < 1.29 is 9.90 Å². The van der Waals surface area contributed by atoms with E-state index in [1.54, 1.807) is 0 Å². The van der Waals surface area contributed by atoms with Gasteiger partial charge in [-0.1, -0.05) is 12.8 Å². The molecule has 0 spiro atoms. The van der Waals surface area contributed by atoms with Crippen LogP contribution < -0.4 is 0 Å². The van der Waals surface area contributed by atoms with Crippen molar-refractivity contribution in [3.63, 3.8) is 0 Å². The molecule has 0 heterocycles. The zero-order valence-corrected chi connectivity index (χ0v) is 7.78. The van der Waals surface area contributed by atoms with Crippen LogP contribution in [-0.4, -0.2) is 16.7 Å². The zero-order chi connectivity index (χ0) is 8.27. The van der Waals surface area contributed by atoms with Crippen molar-refractivity contribution in [3.05, 3.63) is 0 Å². The van der Waals surface area contributed by atoms with Gasteiger partial charge in [0.15, 0.2) is 0 Å². The SMILES string of the molecule is O=C(O)CC1CCCCC1P. The molecule has 3 atom stereocenters. The lowest BCUT2D eigenvalue weighted by Gasteiger charge is -2.26. The molecule has 1 N–H and O–H groups in total. The topological polar surface area (TPSA) is 37.3 Å². The number of rotatable bonds is 2. The first-order valence-electron chi connectivity index (χ1n) is 4.17. The number of carboxylic acid groups (broad SMARTS) is 1. The summed E-state index contributed by atoms with van der Waals surface area (Å²) in [4.78, 5) is 10.4. The molecule has 1 aliphatic rings. The Morgan fingerprint density at radius 1 is 1.45 bits per heavy atom. The van der Waals surface area contributed by atoms with Crippen LogP contribution in [0.25, 0.3) is 0 Å². The molecule has 64 valence electrons. The van der Waals surface area contributed by atoms with Crippen LogP contribution in [0.15, 0.2) is 0 Å². The van der Waals surface area contributed by atoms with Gasteiger partial charge in [0, 0.05) is 6.42 Å². The summed E-state index contributed by atoms with van der Waals surface area (Å²) in [5.74, 6) is -0.240. The molecule has 1 fully saturated rings. The van der Waals surface area contributed by atoms with Crippen LogP contribution in [0.4, 0.5) is 0 Å². The van der Waals surface area contributed by atoms with Crippen molar-refractivity contribution in [1.29, 1.82) is 0 Å². The van der Waals surface area contributed by atoms with Crippen molar-refractivity contribution in [2.45, 2.75) is 37.8 Å². The summed E-state index contributed by atoms with van der Waals surface area (Å²) in [7, 11) is 2.77. The Kier molecular flexibility index (Phi) is 3.32. The molecule has 1 rings (SSSR count). The zero-order valence-electron chi connectivity index (χ0n) is 6.62. The average Bonchev–Trinajstić information content (AvgIpc) is 1.93. The van der Waals surface area contributed by atoms with Crippen LogP contribution in [0.2, 0.25) is 0 Å². The summed E-state index contributed by atoms with van der Waals surface area (Å²) in [6, 6.07) is 0. The molecule has 0 aliphatic heterocycles. The van der Waals surface area contributed by atoms with Crippen molar-refractivity contribution in [3.8, 4) is 0 Å². The molecule has 3 heteroatoms. The van der Waals surface area contributed by atoms with Gasteiger partial charge in [0.05, 0.1) is 0 Å². The first-order valence-corrected chi connectivity index (χ1v) is 4.84. The second-order valence-corrected chi connectivity index (χ2v) is 4.16. The molecule has 0 aromatic rings. The van der Waals surface area contributed by atoms with Crippen molar-refractivity contribution in [2.75, 3.05) is 0 Å². The summed E-state index contributed by atoms with van der Waals surface area (Å²) in [5.41, 5.74) is 0.542. The van der Waals surface area contributed by atoms with E-state index in [1.807, 2.05) is 0 Å². The van der Waals surface area contributed by atoms with Crippen LogP contribution in [0.3, 0.4) is 0 Å². The third kappa shape index (κ3) is 2.78. The second-order valence-electron chi connectivity index (χ2n) is 3.31. The molecule has 0 radical (unpaired) electrons. The predicted molar refractivity (Wildman–Crippen MR) is 47.7 cm³/mol. The monoisotopic (exact) mass is 174 g/mol. The third-order valence-electron chi connectivity index (χ3n) is 2.40.